The molecule has 0 amide bonds. The Morgan fingerprint density at radius 3 is 2.65 bits per heavy atom. The first-order chi connectivity index (χ1) is 12.2. The molecule has 0 fully saturated rings. The second-order valence-corrected chi connectivity index (χ2v) is 6.23. The molecule has 0 saturated heterocycles. The van der Waals surface area contributed by atoms with Crippen molar-refractivity contribution in [1.82, 2.24) is 20.2 Å². The minimum Gasteiger partial charge on any atom is -0.362 e. The minimum absolute atomic E-state index is 0. The van der Waals surface area contributed by atoms with Crippen LogP contribution < -0.4 is 5.32 Å². The van der Waals surface area contributed by atoms with Crippen molar-refractivity contribution >= 4 is 29.3 Å². The molecule has 26 heavy (non-hydrogen) atoms. The van der Waals surface area contributed by atoms with Crippen LogP contribution in [0.5, 0.6) is 0 Å². The van der Waals surface area contributed by atoms with Crippen LogP contribution in [0.3, 0.4) is 0 Å². The van der Waals surface area contributed by atoms with Crippen LogP contribution in [0.4, 0.5) is 5.82 Å². The molecular weight excluding hydrogens is 346 g/mol. The first-order valence-electron chi connectivity index (χ1n) is 8.28. The van der Waals surface area contributed by atoms with Crippen LogP contribution in [0.2, 0.25) is 0 Å². The summed E-state index contributed by atoms with van der Waals surface area (Å²) in [5.41, 5.74) is 6.34. The molecule has 2 aromatic heterocycles. The van der Waals surface area contributed by atoms with Gasteiger partial charge in [-0.05, 0) is 37.1 Å². The van der Waals surface area contributed by atoms with Crippen molar-refractivity contribution in [3.8, 4) is 11.1 Å². The molecule has 0 aliphatic rings. The van der Waals surface area contributed by atoms with Crippen molar-refractivity contribution in [2.24, 2.45) is 0 Å². The molecule has 1 atom stereocenters. The van der Waals surface area contributed by atoms with Gasteiger partial charge < -0.3 is 5.32 Å². The highest BCUT2D eigenvalue weighted by Gasteiger charge is 2.08. The van der Waals surface area contributed by atoms with E-state index in [-0.39, 0.29) is 18.4 Å². The molecule has 5 nitrogen and oxygen atoms in total. The lowest BCUT2D eigenvalue weighted by Crippen LogP contribution is -2.08. The van der Waals surface area contributed by atoms with Gasteiger partial charge >= 0.3 is 0 Å². The SMILES string of the molecule is Cc1cccc([C@@H](C)Nc2cnc3cc(-c4cn[nH]c4)ccc3n2)c1.Cl. The largest absolute Gasteiger partial charge is 0.362 e. The zero-order valence-electron chi connectivity index (χ0n) is 14.6. The number of fused-ring (bicyclic) bond motifs is 1. The summed E-state index contributed by atoms with van der Waals surface area (Å²) >= 11 is 0. The number of rotatable bonds is 4. The van der Waals surface area contributed by atoms with Crippen LogP contribution in [0.15, 0.2) is 61.1 Å². The van der Waals surface area contributed by atoms with Crippen LogP contribution in [0.1, 0.15) is 24.1 Å². The smallest absolute Gasteiger partial charge is 0.145 e. The van der Waals surface area contributed by atoms with Crippen molar-refractivity contribution in [3.05, 3.63) is 72.2 Å². The van der Waals surface area contributed by atoms with Crippen molar-refractivity contribution in [2.45, 2.75) is 19.9 Å². The molecule has 6 heteroatoms. The van der Waals surface area contributed by atoms with E-state index in [0.717, 1.165) is 28.0 Å². The predicted molar refractivity (Wildman–Crippen MR) is 108 cm³/mol. The molecule has 0 radical (unpaired) electrons. The monoisotopic (exact) mass is 365 g/mol. The molecule has 0 bridgehead atoms. The van der Waals surface area contributed by atoms with Crippen LogP contribution in [-0.2, 0) is 0 Å². The lowest BCUT2D eigenvalue weighted by atomic mass is 10.1. The Labute approximate surface area is 158 Å². The van der Waals surface area contributed by atoms with Crippen LogP contribution in [0, 0.1) is 6.92 Å². The summed E-state index contributed by atoms with van der Waals surface area (Å²) in [7, 11) is 0. The van der Waals surface area contributed by atoms with E-state index in [0.29, 0.717) is 0 Å². The third kappa shape index (κ3) is 3.68. The average molecular weight is 366 g/mol. The number of aromatic nitrogens is 4. The van der Waals surface area contributed by atoms with E-state index in [1.165, 1.54) is 11.1 Å². The molecular formula is C20H20ClN5. The normalized spacial score (nSPS) is 11.8. The van der Waals surface area contributed by atoms with Gasteiger partial charge in [0.15, 0.2) is 0 Å². The Morgan fingerprint density at radius 2 is 1.88 bits per heavy atom. The van der Waals surface area contributed by atoms with Crippen LogP contribution in [-0.4, -0.2) is 20.2 Å². The fourth-order valence-electron chi connectivity index (χ4n) is 2.91. The molecule has 2 N–H and O–H groups in total. The minimum atomic E-state index is 0. The molecule has 0 aliphatic carbocycles. The molecule has 0 saturated carbocycles. The third-order valence-electron chi connectivity index (χ3n) is 4.28. The van der Waals surface area contributed by atoms with Crippen molar-refractivity contribution < 1.29 is 0 Å². The number of anilines is 1. The van der Waals surface area contributed by atoms with Crippen molar-refractivity contribution in [1.29, 1.82) is 0 Å². The Bertz CT molecular complexity index is 1010. The van der Waals surface area contributed by atoms with Gasteiger partial charge in [-0.2, -0.15) is 5.10 Å². The second-order valence-electron chi connectivity index (χ2n) is 6.23. The highest BCUT2D eigenvalue weighted by molar-refractivity contribution is 5.85. The summed E-state index contributed by atoms with van der Waals surface area (Å²) in [5.74, 6) is 0.776. The number of hydrogen-bond donors (Lipinski definition) is 2. The van der Waals surface area contributed by atoms with E-state index in [1.807, 2.05) is 24.4 Å². The average Bonchev–Trinajstić information content (AvgIpc) is 3.16. The van der Waals surface area contributed by atoms with E-state index in [9.17, 15) is 0 Å². The van der Waals surface area contributed by atoms with E-state index in [1.54, 1.807) is 12.4 Å². The maximum absolute atomic E-state index is 4.69. The van der Waals surface area contributed by atoms with E-state index in [4.69, 9.17) is 0 Å². The second kappa shape index (κ2) is 7.54. The Balaban J connectivity index is 0.00000196. The number of benzene rings is 2. The fraction of sp³-hybridized carbons (Fsp3) is 0.150. The highest BCUT2D eigenvalue weighted by Crippen LogP contribution is 2.24. The number of hydrogen-bond acceptors (Lipinski definition) is 4. The number of aryl methyl sites for hydroxylation is 1. The van der Waals surface area contributed by atoms with Gasteiger partial charge in [-0.25, -0.2) is 4.98 Å². The summed E-state index contributed by atoms with van der Waals surface area (Å²) in [4.78, 5) is 9.25. The quantitative estimate of drug-likeness (QED) is 0.538. The Kier molecular flexibility index (Phi) is 5.19. The predicted octanol–water partition coefficient (Wildman–Crippen LogP) is 4.92. The Hall–Kier alpha value is -2.92. The number of nitrogens with zero attached hydrogens (tertiary/aromatic N) is 3. The van der Waals surface area contributed by atoms with Gasteiger partial charge in [0.1, 0.15) is 5.82 Å². The summed E-state index contributed by atoms with van der Waals surface area (Å²) in [6.45, 7) is 4.23. The summed E-state index contributed by atoms with van der Waals surface area (Å²) < 4.78 is 0. The maximum Gasteiger partial charge on any atom is 0.145 e. The van der Waals surface area contributed by atoms with Crippen molar-refractivity contribution in [2.75, 3.05) is 5.32 Å². The lowest BCUT2D eigenvalue weighted by molar-refractivity contribution is 0.872. The van der Waals surface area contributed by atoms with Crippen LogP contribution >= 0.6 is 12.4 Å². The van der Waals surface area contributed by atoms with Gasteiger partial charge in [0.25, 0.3) is 0 Å². The number of H-pyrrole nitrogens is 1. The molecule has 4 aromatic rings. The van der Waals surface area contributed by atoms with Gasteiger partial charge in [0.2, 0.25) is 0 Å². The van der Waals surface area contributed by atoms with Crippen LogP contribution in [0.25, 0.3) is 22.2 Å². The topological polar surface area (TPSA) is 66.5 Å². The Morgan fingerprint density at radius 1 is 1.00 bits per heavy atom. The molecule has 0 spiro atoms. The first kappa shape index (κ1) is 17.9. The third-order valence-corrected chi connectivity index (χ3v) is 4.28. The highest BCUT2D eigenvalue weighted by atomic mass is 35.5. The standard InChI is InChI=1S/C20H19N5.ClH/c1-13-4-3-5-15(8-13)14(2)24-20-12-21-19-9-16(6-7-18(19)25-20)17-10-22-23-11-17;/h3-12,14H,1-2H3,(H,22,23)(H,24,25);1H/t14-;/m1./s1. The number of halogens is 1. The van der Waals surface area contributed by atoms with Gasteiger partial charge in [-0.1, -0.05) is 35.9 Å². The van der Waals surface area contributed by atoms with E-state index < -0.39 is 0 Å². The molecule has 0 unspecified atom stereocenters. The van der Waals surface area contributed by atoms with Gasteiger partial charge in [-0.15, -0.1) is 12.4 Å². The molecule has 4 rings (SSSR count). The molecule has 132 valence electrons. The summed E-state index contributed by atoms with van der Waals surface area (Å²) in [5, 5.41) is 10.3. The van der Waals surface area contributed by atoms with E-state index >= 15 is 0 Å². The van der Waals surface area contributed by atoms with Gasteiger partial charge in [0.05, 0.1) is 29.5 Å². The zero-order valence-corrected chi connectivity index (χ0v) is 15.4. The van der Waals surface area contributed by atoms with Gasteiger partial charge in [0, 0.05) is 11.8 Å². The molecule has 2 heterocycles. The van der Waals surface area contributed by atoms with Crippen molar-refractivity contribution in [3.63, 3.8) is 0 Å². The lowest BCUT2D eigenvalue weighted by Gasteiger charge is -2.15. The fourth-order valence-corrected chi connectivity index (χ4v) is 2.91. The van der Waals surface area contributed by atoms with E-state index in [2.05, 4.69) is 63.6 Å². The number of nitrogens with one attached hydrogen (secondary N) is 2. The summed E-state index contributed by atoms with van der Waals surface area (Å²) in [6, 6.07) is 14.7. The first-order valence-corrected chi connectivity index (χ1v) is 8.28. The zero-order chi connectivity index (χ0) is 17.2. The molecule has 2 aromatic carbocycles. The van der Waals surface area contributed by atoms with Gasteiger partial charge in [-0.3, -0.25) is 10.1 Å². The summed E-state index contributed by atoms with van der Waals surface area (Å²) in [6.07, 6.45) is 5.45. The molecule has 0 aliphatic heterocycles. The maximum atomic E-state index is 4.69. The number of aromatic amines is 1.